The number of carbonyl (C=O) groups is 1. The van der Waals surface area contributed by atoms with E-state index in [0.29, 0.717) is 19.1 Å². The van der Waals surface area contributed by atoms with Crippen LogP contribution in [0.3, 0.4) is 0 Å². The molecule has 0 aromatic carbocycles. The van der Waals surface area contributed by atoms with Crippen molar-refractivity contribution in [2.45, 2.75) is 45.3 Å². The van der Waals surface area contributed by atoms with Gasteiger partial charge in [-0.1, -0.05) is 0 Å². The van der Waals surface area contributed by atoms with Crippen molar-refractivity contribution in [1.29, 1.82) is 0 Å². The predicted octanol–water partition coefficient (Wildman–Crippen LogP) is 4.00. The number of pyridine rings is 1. The van der Waals surface area contributed by atoms with E-state index < -0.39 is 5.60 Å². The first-order valence-corrected chi connectivity index (χ1v) is 9.35. The van der Waals surface area contributed by atoms with E-state index in [1.54, 1.807) is 4.90 Å². The highest BCUT2D eigenvalue weighted by molar-refractivity contribution is 5.80. The smallest absolute Gasteiger partial charge is 0.410 e. The number of piperidine rings is 1. The first-order chi connectivity index (χ1) is 12.9. The molecule has 3 aromatic rings. The summed E-state index contributed by atoms with van der Waals surface area (Å²) < 4.78 is 7.48. The maximum absolute atomic E-state index is 12.2. The van der Waals surface area contributed by atoms with Crippen molar-refractivity contribution in [3.63, 3.8) is 0 Å². The van der Waals surface area contributed by atoms with Crippen LogP contribution in [0, 0.1) is 0 Å². The number of carbonyl (C=O) groups excluding carboxylic acids is 1. The fourth-order valence-electron chi connectivity index (χ4n) is 3.42. The summed E-state index contributed by atoms with van der Waals surface area (Å²) in [6.45, 7) is 7.05. The van der Waals surface area contributed by atoms with Crippen molar-refractivity contribution in [2.24, 2.45) is 0 Å². The molecule has 0 unspecified atom stereocenters. The SMILES string of the molecule is CC(C)(C)OC(=O)N1CCC(n2cc(-c3cnc4[nH]ccc4c3)cn2)CC1. The third-order valence-corrected chi connectivity index (χ3v) is 4.83. The van der Waals surface area contributed by atoms with Crippen LogP contribution in [0.25, 0.3) is 22.2 Å². The Balaban J connectivity index is 1.41. The Morgan fingerprint density at radius 3 is 2.74 bits per heavy atom. The molecule has 27 heavy (non-hydrogen) atoms. The largest absolute Gasteiger partial charge is 0.444 e. The fourth-order valence-corrected chi connectivity index (χ4v) is 3.42. The molecule has 142 valence electrons. The lowest BCUT2D eigenvalue weighted by Gasteiger charge is -2.33. The van der Waals surface area contributed by atoms with Crippen molar-refractivity contribution in [1.82, 2.24) is 24.6 Å². The molecule has 0 spiro atoms. The van der Waals surface area contributed by atoms with Gasteiger partial charge in [0.25, 0.3) is 0 Å². The Bertz CT molecular complexity index is 945. The molecule has 7 heteroatoms. The van der Waals surface area contributed by atoms with E-state index in [4.69, 9.17) is 4.74 Å². The standard InChI is InChI=1S/C20H25N5O2/c1-20(2,3)27-19(26)24-8-5-17(6-9-24)25-13-16(12-23-25)15-10-14-4-7-21-18(14)22-11-15/h4,7,10-13,17H,5-6,8-9H2,1-3H3,(H,21,22). The topological polar surface area (TPSA) is 76.0 Å². The van der Waals surface area contributed by atoms with Crippen LogP contribution in [-0.2, 0) is 4.74 Å². The fraction of sp³-hybridized carbons (Fsp3) is 0.450. The lowest BCUT2D eigenvalue weighted by atomic mass is 10.1. The summed E-state index contributed by atoms with van der Waals surface area (Å²) in [7, 11) is 0. The van der Waals surface area contributed by atoms with E-state index in [0.717, 1.165) is 35.0 Å². The van der Waals surface area contributed by atoms with Crippen LogP contribution in [0.15, 0.2) is 36.9 Å². The summed E-state index contributed by atoms with van der Waals surface area (Å²) >= 11 is 0. The summed E-state index contributed by atoms with van der Waals surface area (Å²) in [5, 5.41) is 5.65. The van der Waals surface area contributed by atoms with Crippen LogP contribution >= 0.6 is 0 Å². The van der Waals surface area contributed by atoms with E-state index in [9.17, 15) is 4.79 Å². The van der Waals surface area contributed by atoms with Gasteiger partial charge < -0.3 is 14.6 Å². The van der Waals surface area contributed by atoms with Crippen LogP contribution in [0.5, 0.6) is 0 Å². The van der Waals surface area contributed by atoms with Gasteiger partial charge in [-0.2, -0.15) is 5.10 Å². The molecule has 1 saturated heterocycles. The van der Waals surface area contributed by atoms with Crippen molar-refractivity contribution in [2.75, 3.05) is 13.1 Å². The van der Waals surface area contributed by atoms with Gasteiger partial charge in [-0.15, -0.1) is 0 Å². The van der Waals surface area contributed by atoms with E-state index >= 15 is 0 Å². The second-order valence-electron chi connectivity index (χ2n) is 8.05. The summed E-state index contributed by atoms with van der Waals surface area (Å²) in [6, 6.07) is 4.43. The number of rotatable bonds is 2. The van der Waals surface area contributed by atoms with Gasteiger partial charge in [-0.05, 0) is 45.7 Å². The normalized spacial score (nSPS) is 16.0. The molecule has 0 aliphatic carbocycles. The molecule has 1 fully saturated rings. The van der Waals surface area contributed by atoms with Crippen LogP contribution in [0.4, 0.5) is 4.79 Å². The van der Waals surface area contributed by atoms with Gasteiger partial charge in [-0.3, -0.25) is 4.68 Å². The van der Waals surface area contributed by atoms with Gasteiger partial charge in [0.1, 0.15) is 11.2 Å². The molecule has 1 amide bonds. The first kappa shape index (κ1) is 17.6. The highest BCUT2D eigenvalue weighted by Crippen LogP contribution is 2.27. The van der Waals surface area contributed by atoms with Gasteiger partial charge in [0.2, 0.25) is 0 Å². The lowest BCUT2D eigenvalue weighted by molar-refractivity contribution is 0.0185. The van der Waals surface area contributed by atoms with Gasteiger partial charge in [-0.25, -0.2) is 9.78 Å². The zero-order valence-corrected chi connectivity index (χ0v) is 16.0. The van der Waals surface area contributed by atoms with Crippen molar-refractivity contribution < 1.29 is 9.53 Å². The number of hydrogen-bond acceptors (Lipinski definition) is 4. The quantitative estimate of drug-likeness (QED) is 0.743. The maximum Gasteiger partial charge on any atom is 0.410 e. The van der Waals surface area contributed by atoms with Crippen LogP contribution in [0.2, 0.25) is 0 Å². The second kappa shape index (κ2) is 6.72. The average molecular weight is 367 g/mol. The van der Waals surface area contributed by atoms with Crippen molar-refractivity contribution in [3.05, 3.63) is 36.9 Å². The third kappa shape index (κ3) is 3.82. The molecule has 4 rings (SSSR count). The zero-order chi connectivity index (χ0) is 19.0. The number of fused-ring (bicyclic) bond motifs is 1. The molecule has 0 saturated carbocycles. The molecular formula is C20H25N5O2. The zero-order valence-electron chi connectivity index (χ0n) is 16.0. The number of ether oxygens (including phenoxy) is 1. The first-order valence-electron chi connectivity index (χ1n) is 9.35. The monoisotopic (exact) mass is 367 g/mol. The molecule has 1 aliphatic heterocycles. The Morgan fingerprint density at radius 1 is 1.22 bits per heavy atom. The number of aromatic nitrogens is 4. The van der Waals surface area contributed by atoms with Gasteiger partial charge in [0.05, 0.1) is 12.2 Å². The Morgan fingerprint density at radius 2 is 2.00 bits per heavy atom. The van der Waals surface area contributed by atoms with Gasteiger partial charge >= 0.3 is 6.09 Å². The number of amides is 1. The van der Waals surface area contributed by atoms with Crippen molar-refractivity contribution in [3.8, 4) is 11.1 Å². The molecule has 1 N–H and O–H groups in total. The third-order valence-electron chi connectivity index (χ3n) is 4.83. The Hall–Kier alpha value is -2.83. The molecule has 1 aliphatic rings. The average Bonchev–Trinajstić information content (AvgIpc) is 3.29. The van der Waals surface area contributed by atoms with Crippen molar-refractivity contribution >= 4 is 17.1 Å². The minimum Gasteiger partial charge on any atom is -0.444 e. The highest BCUT2D eigenvalue weighted by Gasteiger charge is 2.27. The molecule has 4 heterocycles. The minimum absolute atomic E-state index is 0.229. The molecular weight excluding hydrogens is 342 g/mol. The Labute approximate surface area is 158 Å². The number of nitrogens with zero attached hydrogens (tertiary/aromatic N) is 4. The van der Waals surface area contributed by atoms with Crippen LogP contribution in [-0.4, -0.2) is 49.4 Å². The number of nitrogens with one attached hydrogen (secondary N) is 1. The molecule has 3 aromatic heterocycles. The minimum atomic E-state index is -0.459. The van der Waals surface area contributed by atoms with E-state index in [2.05, 4.69) is 27.3 Å². The van der Waals surface area contributed by atoms with Gasteiger partial charge in [0, 0.05) is 48.2 Å². The summed E-state index contributed by atoms with van der Waals surface area (Å²) in [5.74, 6) is 0. The Kier molecular flexibility index (Phi) is 4.37. The molecule has 0 bridgehead atoms. The number of hydrogen-bond donors (Lipinski definition) is 1. The molecule has 0 atom stereocenters. The van der Waals surface area contributed by atoms with Crippen LogP contribution in [0.1, 0.15) is 39.7 Å². The number of likely N-dealkylation sites (tertiary alicyclic amines) is 1. The maximum atomic E-state index is 12.2. The van der Waals surface area contributed by atoms with Crippen LogP contribution < -0.4 is 0 Å². The van der Waals surface area contributed by atoms with Gasteiger partial charge in [0.15, 0.2) is 0 Å². The molecule has 0 radical (unpaired) electrons. The van der Waals surface area contributed by atoms with E-state index in [1.807, 2.05) is 50.1 Å². The summed E-state index contributed by atoms with van der Waals surface area (Å²) in [6.07, 6.45) is 9.23. The summed E-state index contributed by atoms with van der Waals surface area (Å²) in [5.41, 5.74) is 2.54. The number of H-pyrrole nitrogens is 1. The number of aromatic amines is 1. The second-order valence-corrected chi connectivity index (χ2v) is 8.05. The van der Waals surface area contributed by atoms with E-state index in [1.165, 1.54) is 0 Å². The highest BCUT2D eigenvalue weighted by atomic mass is 16.6. The lowest BCUT2D eigenvalue weighted by Crippen LogP contribution is -2.42. The molecule has 7 nitrogen and oxygen atoms in total. The van der Waals surface area contributed by atoms with E-state index in [-0.39, 0.29) is 6.09 Å². The predicted molar refractivity (Wildman–Crippen MR) is 103 cm³/mol. The summed E-state index contributed by atoms with van der Waals surface area (Å²) in [4.78, 5) is 21.5.